The van der Waals surface area contributed by atoms with Gasteiger partial charge in [0.2, 0.25) is 5.91 Å². The lowest BCUT2D eigenvalue weighted by Gasteiger charge is -2.25. The van der Waals surface area contributed by atoms with Crippen LogP contribution in [0.5, 0.6) is 0 Å². The molecule has 0 fully saturated rings. The highest BCUT2D eigenvalue weighted by Gasteiger charge is 2.17. The van der Waals surface area contributed by atoms with E-state index in [0.29, 0.717) is 23.4 Å². The van der Waals surface area contributed by atoms with Gasteiger partial charge in [0.05, 0.1) is 17.7 Å². The maximum Gasteiger partial charge on any atom is 0.223 e. The van der Waals surface area contributed by atoms with Crippen molar-refractivity contribution in [3.8, 4) is 6.07 Å². The predicted octanol–water partition coefficient (Wildman–Crippen LogP) is 4.36. The Bertz CT molecular complexity index is 702. The molecule has 0 radical (unpaired) electrons. The molecule has 2 aromatic carbocycles. The van der Waals surface area contributed by atoms with Crippen LogP contribution >= 0.6 is 11.6 Å². The van der Waals surface area contributed by atoms with E-state index < -0.39 is 0 Å². The Labute approximate surface area is 142 Å². The fourth-order valence-electron chi connectivity index (χ4n) is 2.35. The molecule has 1 atom stereocenters. The lowest BCUT2D eigenvalue weighted by molar-refractivity contribution is -0.131. The second-order valence-corrected chi connectivity index (χ2v) is 5.98. The molecule has 0 spiro atoms. The number of carbonyl (C=O) groups is 1. The summed E-state index contributed by atoms with van der Waals surface area (Å²) < 4.78 is 0. The lowest BCUT2D eigenvalue weighted by atomic mass is 10.0. The number of rotatable bonds is 5. The van der Waals surface area contributed by atoms with Gasteiger partial charge in [0, 0.05) is 18.5 Å². The van der Waals surface area contributed by atoms with Crippen LogP contribution in [0.2, 0.25) is 5.02 Å². The third-order valence-electron chi connectivity index (χ3n) is 4.04. The first kappa shape index (κ1) is 17.1. The lowest BCUT2D eigenvalue weighted by Crippen LogP contribution is -2.29. The van der Waals surface area contributed by atoms with E-state index in [4.69, 9.17) is 16.9 Å². The average Bonchev–Trinajstić information content (AvgIpc) is 2.59. The number of nitriles is 1. The second-order valence-electron chi connectivity index (χ2n) is 5.54. The summed E-state index contributed by atoms with van der Waals surface area (Å²) in [4.78, 5) is 14.1. The van der Waals surface area contributed by atoms with Crippen molar-refractivity contribution in [1.29, 1.82) is 5.26 Å². The van der Waals surface area contributed by atoms with Gasteiger partial charge in [-0.25, -0.2) is 0 Å². The van der Waals surface area contributed by atoms with Crippen LogP contribution in [0.25, 0.3) is 0 Å². The molecule has 0 aromatic heterocycles. The molecule has 4 heteroatoms. The Balaban J connectivity index is 1.93. The Kier molecular flexibility index (Phi) is 5.78. The molecule has 0 bridgehead atoms. The zero-order valence-electron chi connectivity index (χ0n) is 13.3. The van der Waals surface area contributed by atoms with Crippen molar-refractivity contribution in [3.63, 3.8) is 0 Å². The van der Waals surface area contributed by atoms with E-state index in [1.165, 1.54) is 0 Å². The smallest absolute Gasteiger partial charge is 0.223 e. The zero-order chi connectivity index (χ0) is 16.8. The summed E-state index contributed by atoms with van der Waals surface area (Å²) in [6.07, 6.45) is 1.11. The van der Waals surface area contributed by atoms with Gasteiger partial charge in [0.1, 0.15) is 0 Å². The number of nitrogens with zero attached hydrogens (tertiary/aromatic N) is 2. The quantitative estimate of drug-likeness (QED) is 0.819. The van der Waals surface area contributed by atoms with E-state index in [1.54, 1.807) is 17.0 Å². The minimum Gasteiger partial charge on any atom is -0.339 e. The average molecular weight is 327 g/mol. The number of amides is 1. The molecule has 118 valence electrons. The van der Waals surface area contributed by atoms with Gasteiger partial charge in [-0.3, -0.25) is 4.79 Å². The summed E-state index contributed by atoms with van der Waals surface area (Å²) in [5.74, 6) is 0.0943. The Morgan fingerprint density at radius 3 is 2.35 bits per heavy atom. The third-order valence-corrected chi connectivity index (χ3v) is 4.29. The maximum atomic E-state index is 12.4. The van der Waals surface area contributed by atoms with Crippen molar-refractivity contribution >= 4 is 17.5 Å². The standard InChI is InChI=1S/C19H19ClN2O/c1-14(17-8-10-18(20)11-9-17)22(2)19(23)12-7-15-3-5-16(13-21)6-4-15/h3-6,8-11,14H,7,12H2,1-2H3. The molecule has 2 rings (SSSR count). The van der Waals surface area contributed by atoms with E-state index in [9.17, 15) is 4.79 Å². The molecule has 2 aromatic rings. The molecule has 1 unspecified atom stereocenters. The van der Waals surface area contributed by atoms with Gasteiger partial charge in [-0.15, -0.1) is 0 Å². The van der Waals surface area contributed by atoms with Crippen molar-refractivity contribution in [2.45, 2.75) is 25.8 Å². The van der Waals surface area contributed by atoms with Crippen LogP contribution in [0.1, 0.15) is 36.1 Å². The molecule has 3 nitrogen and oxygen atoms in total. The molecule has 0 heterocycles. The number of halogens is 1. The van der Waals surface area contributed by atoms with E-state index in [-0.39, 0.29) is 11.9 Å². The molecule has 0 N–H and O–H groups in total. The Hall–Kier alpha value is -2.31. The Morgan fingerprint density at radius 2 is 1.78 bits per heavy atom. The second kappa shape index (κ2) is 7.80. The molecule has 0 aliphatic heterocycles. The molecule has 0 saturated heterocycles. The van der Waals surface area contributed by atoms with Crippen LogP contribution in [-0.4, -0.2) is 17.9 Å². The largest absolute Gasteiger partial charge is 0.339 e. The Morgan fingerprint density at radius 1 is 1.17 bits per heavy atom. The van der Waals surface area contributed by atoms with Crippen molar-refractivity contribution < 1.29 is 4.79 Å². The van der Waals surface area contributed by atoms with Gasteiger partial charge >= 0.3 is 0 Å². The number of hydrogen-bond donors (Lipinski definition) is 0. The van der Waals surface area contributed by atoms with Gasteiger partial charge in [0.25, 0.3) is 0 Å². The highest BCUT2D eigenvalue weighted by Crippen LogP contribution is 2.21. The fourth-order valence-corrected chi connectivity index (χ4v) is 2.48. The summed E-state index contributed by atoms with van der Waals surface area (Å²) in [7, 11) is 1.82. The first-order valence-corrected chi connectivity index (χ1v) is 7.89. The van der Waals surface area contributed by atoms with E-state index in [1.807, 2.05) is 50.4 Å². The van der Waals surface area contributed by atoms with Crippen molar-refractivity contribution in [1.82, 2.24) is 4.90 Å². The van der Waals surface area contributed by atoms with E-state index >= 15 is 0 Å². The summed E-state index contributed by atoms with van der Waals surface area (Å²) in [5.41, 5.74) is 2.75. The molecule has 0 aliphatic carbocycles. The molecule has 23 heavy (non-hydrogen) atoms. The van der Waals surface area contributed by atoms with Crippen molar-refractivity contribution in [2.75, 3.05) is 7.05 Å². The van der Waals surface area contributed by atoms with Crippen molar-refractivity contribution in [3.05, 3.63) is 70.2 Å². The number of hydrogen-bond acceptors (Lipinski definition) is 2. The highest BCUT2D eigenvalue weighted by molar-refractivity contribution is 6.30. The van der Waals surface area contributed by atoms with Crippen LogP contribution in [0.3, 0.4) is 0 Å². The predicted molar refractivity (Wildman–Crippen MR) is 92.1 cm³/mol. The van der Waals surface area contributed by atoms with Gasteiger partial charge < -0.3 is 4.90 Å². The molecule has 0 saturated carbocycles. The zero-order valence-corrected chi connectivity index (χ0v) is 14.0. The van der Waals surface area contributed by atoms with Crippen LogP contribution in [0.4, 0.5) is 0 Å². The maximum absolute atomic E-state index is 12.4. The van der Waals surface area contributed by atoms with Gasteiger partial charge in [-0.1, -0.05) is 35.9 Å². The third kappa shape index (κ3) is 4.58. The first-order valence-electron chi connectivity index (χ1n) is 7.51. The number of aryl methyl sites for hydroxylation is 1. The monoisotopic (exact) mass is 326 g/mol. The fraction of sp³-hybridized carbons (Fsp3) is 0.263. The van der Waals surface area contributed by atoms with Gasteiger partial charge in [-0.05, 0) is 48.7 Å². The number of benzene rings is 2. The van der Waals surface area contributed by atoms with E-state index in [2.05, 4.69) is 6.07 Å². The van der Waals surface area contributed by atoms with Crippen LogP contribution in [0.15, 0.2) is 48.5 Å². The SMILES string of the molecule is CC(c1ccc(Cl)cc1)N(C)C(=O)CCc1ccc(C#N)cc1. The van der Waals surface area contributed by atoms with E-state index in [0.717, 1.165) is 11.1 Å². The molecule has 1 amide bonds. The summed E-state index contributed by atoms with van der Waals surface area (Å²) in [6, 6.07) is 17.0. The summed E-state index contributed by atoms with van der Waals surface area (Å²) in [5, 5.41) is 9.48. The minimum atomic E-state index is 0.000677. The van der Waals surface area contributed by atoms with Crippen LogP contribution in [-0.2, 0) is 11.2 Å². The molecular formula is C19H19ClN2O. The summed E-state index contributed by atoms with van der Waals surface area (Å²) >= 11 is 5.90. The first-order chi connectivity index (χ1) is 11.0. The topological polar surface area (TPSA) is 44.1 Å². The van der Waals surface area contributed by atoms with Gasteiger partial charge in [-0.2, -0.15) is 5.26 Å². The van der Waals surface area contributed by atoms with Crippen LogP contribution in [0, 0.1) is 11.3 Å². The summed E-state index contributed by atoms with van der Waals surface area (Å²) in [6.45, 7) is 2.00. The van der Waals surface area contributed by atoms with Crippen LogP contribution < -0.4 is 0 Å². The molecular weight excluding hydrogens is 308 g/mol. The van der Waals surface area contributed by atoms with Crippen molar-refractivity contribution in [2.24, 2.45) is 0 Å². The number of carbonyl (C=O) groups excluding carboxylic acids is 1. The highest BCUT2D eigenvalue weighted by atomic mass is 35.5. The van der Waals surface area contributed by atoms with Gasteiger partial charge in [0.15, 0.2) is 0 Å². The molecule has 0 aliphatic rings. The normalized spacial score (nSPS) is 11.6. The minimum absolute atomic E-state index is 0.000677.